The van der Waals surface area contributed by atoms with E-state index in [2.05, 4.69) is 60.4 Å². The van der Waals surface area contributed by atoms with Crippen molar-refractivity contribution in [1.29, 1.82) is 0 Å². The molecule has 1 N–H and O–H groups in total. The fraction of sp³-hybridized carbons (Fsp3) is 0.800. The lowest BCUT2D eigenvalue weighted by Gasteiger charge is -2.34. The van der Waals surface area contributed by atoms with Crippen LogP contribution in [0.3, 0.4) is 0 Å². The molecule has 0 bridgehead atoms. The minimum atomic E-state index is -0.407. The van der Waals surface area contributed by atoms with Gasteiger partial charge in [0.1, 0.15) is 0 Å². The average molecular weight is 489 g/mol. The molecule has 0 radical (unpaired) electrons. The normalized spacial score (nSPS) is 41.4. The van der Waals surface area contributed by atoms with E-state index in [1.807, 2.05) is 6.08 Å². The number of hydrogen-bond donors (Lipinski definition) is 1. The Hall–Kier alpha value is 0.840. The summed E-state index contributed by atoms with van der Waals surface area (Å²) in [5.74, 6) is 0. The van der Waals surface area contributed by atoms with Gasteiger partial charge in [0.25, 0.3) is 0 Å². The molecule has 0 aromatic heterocycles. The monoisotopic (exact) mass is 486 g/mol. The van der Waals surface area contributed by atoms with Crippen molar-refractivity contribution >= 4 is 47.8 Å². The summed E-state index contributed by atoms with van der Waals surface area (Å²) in [6.07, 6.45) is 4.78. The molecule has 7 atom stereocenters. The predicted molar refractivity (Wildman–Crippen MR) is 94.5 cm³/mol. The number of ether oxygens (including phenoxy) is 2. The second-order valence-electron chi connectivity index (χ2n) is 5.58. The van der Waals surface area contributed by atoms with Crippen LogP contribution in [0.15, 0.2) is 16.8 Å². The third-order valence-electron chi connectivity index (χ3n) is 4.07. The lowest BCUT2D eigenvalue weighted by Crippen LogP contribution is -2.42. The zero-order valence-electron chi connectivity index (χ0n) is 11.9. The van der Waals surface area contributed by atoms with Crippen LogP contribution in [0.5, 0.6) is 0 Å². The van der Waals surface area contributed by atoms with Gasteiger partial charge in [-0.25, -0.2) is 0 Å². The van der Waals surface area contributed by atoms with E-state index in [1.165, 1.54) is 0 Å². The summed E-state index contributed by atoms with van der Waals surface area (Å²) >= 11 is 10.5. The van der Waals surface area contributed by atoms with E-state index in [9.17, 15) is 5.11 Å². The van der Waals surface area contributed by atoms with Gasteiger partial charge < -0.3 is 14.6 Å². The summed E-state index contributed by atoms with van der Waals surface area (Å²) in [5.41, 5.74) is 3.00. The first-order chi connectivity index (χ1) is 10.0. The Morgan fingerprint density at radius 2 is 2.00 bits per heavy atom. The highest BCUT2D eigenvalue weighted by Gasteiger charge is 2.42. The number of fused-ring (bicyclic) bond motifs is 1. The van der Waals surface area contributed by atoms with Crippen molar-refractivity contribution in [3.8, 4) is 0 Å². The van der Waals surface area contributed by atoms with E-state index >= 15 is 0 Å². The Bertz CT molecular complexity index is 398. The molecule has 0 amide bonds. The van der Waals surface area contributed by atoms with Gasteiger partial charge in [-0.3, -0.25) is 0 Å². The molecule has 2 fully saturated rings. The molecule has 2 rings (SSSR count). The summed E-state index contributed by atoms with van der Waals surface area (Å²) in [6.45, 7) is 2.14. The Kier molecular flexibility index (Phi) is 7.47. The first-order valence-corrected chi connectivity index (χ1v) is 10.1. The van der Waals surface area contributed by atoms with Gasteiger partial charge in [-0.15, -0.1) is 5.73 Å². The molecule has 3 nitrogen and oxygen atoms in total. The zero-order chi connectivity index (χ0) is 15.4. The maximum atomic E-state index is 10.3. The minimum absolute atomic E-state index is 0.00364. The third kappa shape index (κ3) is 4.90. The second kappa shape index (κ2) is 8.62. The standard InChI is InChI=1S/C15H21Br3O3/c1-2-10(17)13-7-11(18)12(19)8-15-14(21-13)6-9(20-15)4-3-5-16/h4-5,9-15,19H,2,6-8H2,1H3/t3?,9-,10-,11-,12+,13+,14-,15-/m0/s1. The van der Waals surface area contributed by atoms with Crippen LogP contribution in [0.25, 0.3) is 0 Å². The highest BCUT2D eigenvalue weighted by atomic mass is 79.9. The Morgan fingerprint density at radius 1 is 1.29 bits per heavy atom. The molecule has 2 aliphatic heterocycles. The number of aliphatic hydroxyl groups excluding tert-OH is 1. The maximum Gasteiger partial charge on any atom is 0.0871 e. The molecule has 2 saturated heterocycles. The van der Waals surface area contributed by atoms with Crippen molar-refractivity contribution in [3.05, 3.63) is 16.8 Å². The molecule has 0 aromatic rings. The molecule has 0 aliphatic carbocycles. The van der Waals surface area contributed by atoms with Crippen LogP contribution in [0.2, 0.25) is 0 Å². The average Bonchev–Trinajstić information content (AvgIpc) is 2.83. The van der Waals surface area contributed by atoms with E-state index in [0.29, 0.717) is 11.2 Å². The van der Waals surface area contributed by atoms with Crippen LogP contribution in [-0.2, 0) is 9.47 Å². The fourth-order valence-electron chi connectivity index (χ4n) is 2.89. The van der Waals surface area contributed by atoms with Gasteiger partial charge in [0, 0.05) is 27.5 Å². The van der Waals surface area contributed by atoms with Gasteiger partial charge in [-0.1, -0.05) is 54.7 Å². The largest absolute Gasteiger partial charge is 0.392 e. The van der Waals surface area contributed by atoms with Crippen LogP contribution in [0.4, 0.5) is 0 Å². The molecule has 2 aliphatic rings. The molecular weight excluding hydrogens is 468 g/mol. The predicted octanol–water partition coefficient (Wildman–Crippen LogP) is 4.05. The van der Waals surface area contributed by atoms with Crippen LogP contribution < -0.4 is 0 Å². The SMILES string of the molecule is CC[C@H](Br)[C@H]1C[C@H](Br)[C@H](O)C[C@@H]2O[C@@H](C=C=CBr)C[C@@H]2O1. The molecule has 0 saturated carbocycles. The molecule has 0 aromatic carbocycles. The summed E-state index contributed by atoms with van der Waals surface area (Å²) in [7, 11) is 0. The van der Waals surface area contributed by atoms with E-state index in [-0.39, 0.29) is 29.2 Å². The summed E-state index contributed by atoms with van der Waals surface area (Å²) < 4.78 is 12.3. The first kappa shape index (κ1) is 18.2. The summed E-state index contributed by atoms with van der Waals surface area (Å²) in [5, 5.41) is 10.3. The van der Waals surface area contributed by atoms with Crippen LogP contribution in [0, 0.1) is 0 Å². The molecular formula is C15H21Br3O3. The maximum absolute atomic E-state index is 10.3. The lowest BCUT2D eigenvalue weighted by molar-refractivity contribution is -0.0861. The fourth-order valence-corrected chi connectivity index (χ4v) is 3.97. The van der Waals surface area contributed by atoms with Gasteiger partial charge in [-0.05, 0) is 18.9 Å². The smallest absolute Gasteiger partial charge is 0.0871 e. The second-order valence-corrected chi connectivity index (χ2v) is 8.39. The summed E-state index contributed by atoms with van der Waals surface area (Å²) in [4.78, 5) is 2.02. The number of hydrogen-bond acceptors (Lipinski definition) is 3. The van der Waals surface area contributed by atoms with Crippen LogP contribution >= 0.6 is 47.8 Å². The van der Waals surface area contributed by atoms with Gasteiger partial charge in [0.2, 0.25) is 0 Å². The topological polar surface area (TPSA) is 38.7 Å². The van der Waals surface area contributed by atoms with Crippen molar-refractivity contribution in [3.63, 3.8) is 0 Å². The van der Waals surface area contributed by atoms with E-state index < -0.39 is 6.10 Å². The van der Waals surface area contributed by atoms with Crippen molar-refractivity contribution in [2.75, 3.05) is 0 Å². The molecule has 120 valence electrons. The van der Waals surface area contributed by atoms with Gasteiger partial charge in [0.15, 0.2) is 0 Å². The number of rotatable bonds is 3. The van der Waals surface area contributed by atoms with Gasteiger partial charge in [-0.2, -0.15) is 0 Å². The van der Waals surface area contributed by atoms with E-state index in [1.54, 1.807) is 4.99 Å². The van der Waals surface area contributed by atoms with Crippen LogP contribution in [0.1, 0.15) is 32.6 Å². The molecule has 2 heterocycles. The first-order valence-electron chi connectivity index (χ1n) is 7.33. The molecule has 0 unspecified atom stereocenters. The number of aliphatic hydroxyl groups is 1. The highest BCUT2D eigenvalue weighted by molar-refractivity contribution is 9.11. The summed E-state index contributed by atoms with van der Waals surface area (Å²) in [6, 6.07) is 0. The highest BCUT2D eigenvalue weighted by Crippen LogP contribution is 2.35. The Labute approximate surface area is 151 Å². The quantitative estimate of drug-likeness (QED) is 0.481. The van der Waals surface area contributed by atoms with Gasteiger partial charge in [0.05, 0.1) is 30.5 Å². The lowest BCUT2D eigenvalue weighted by atomic mass is 9.96. The van der Waals surface area contributed by atoms with Crippen molar-refractivity contribution in [1.82, 2.24) is 0 Å². The molecule has 0 spiro atoms. The molecule has 21 heavy (non-hydrogen) atoms. The molecule has 6 heteroatoms. The van der Waals surface area contributed by atoms with E-state index in [0.717, 1.165) is 19.3 Å². The Balaban J connectivity index is 2.11. The number of halogens is 3. The van der Waals surface area contributed by atoms with Crippen molar-refractivity contribution in [2.24, 2.45) is 0 Å². The zero-order valence-corrected chi connectivity index (χ0v) is 16.7. The number of alkyl halides is 2. The van der Waals surface area contributed by atoms with Crippen molar-refractivity contribution in [2.45, 2.75) is 72.8 Å². The van der Waals surface area contributed by atoms with Crippen molar-refractivity contribution < 1.29 is 14.6 Å². The Morgan fingerprint density at radius 3 is 2.67 bits per heavy atom. The minimum Gasteiger partial charge on any atom is -0.392 e. The van der Waals surface area contributed by atoms with Crippen LogP contribution in [-0.4, -0.2) is 45.3 Å². The third-order valence-corrected chi connectivity index (χ3v) is 6.55. The van der Waals surface area contributed by atoms with Gasteiger partial charge >= 0.3 is 0 Å². The van der Waals surface area contributed by atoms with E-state index in [4.69, 9.17) is 9.47 Å².